The zero-order valence-corrected chi connectivity index (χ0v) is 18.8. The Morgan fingerprint density at radius 1 is 1.17 bits per heavy atom. The lowest BCUT2D eigenvalue weighted by Crippen LogP contribution is -2.43. The normalized spacial score (nSPS) is 13.7. The first kappa shape index (κ1) is 22.1. The van der Waals surface area contributed by atoms with Gasteiger partial charge in [0.05, 0.1) is 19.5 Å². The number of carbonyl (C=O) groups excluding carboxylic acids is 1. The molecule has 30 heavy (non-hydrogen) atoms. The van der Waals surface area contributed by atoms with E-state index in [0.29, 0.717) is 23.9 Å². The molecule has 0 unspecified atom stereocenters. The number of imidazole rings is 1. The first-order valence-corrected chi connectivity index (χ1v) is 10.9. The van der Waals surface area contributed by atoms with Gasteiger partial charge in [-0.05, 0) is 25.0 Å². The van der Waals surface area contributed by atoms with Crippen LogP contribution in [-0.4, -0.2) is 41.2 Å². The predicted octanol–water partition coefficient (Wildman–Crippen LogP) is 5.05. The molecule has 1 aromatic heterocycles. The lowest BCUT2D eigenvalue weighted by molar-refractivity contribution is 0.0775. The van der Waals surface area contributed by atoms with Gasteiger partial charge in [-0.3, -0.25) is 4.79 Å². The minimum atomic E-state index is -0.426. The molecule has 0 atom stereocenters. The van der Waals surface area contributed by atoms with Gasteiger partial charge >= 0.3 is 0 Å². The summed E-state index contributed by atoms with van der Waals surface area (Å²) in [5, 5.41) is 0. The van der Waals surface area contributed by atoms with Gasteiger partial charge in [0, 0.05) is 26.1 Å². The zero-order valence-electron chi connectivity index (χ0n) is 18.8. The molecule has 2 heterocycles. The molecular formula is C23H33FN4O2. The molecule has 0 N–H and O–H groups in total. The summed E-state index contributed by atoms with van der Waals surface area (Å²) in [5.74, 6) is 1.27. The Hall–Kier alpha value is -2.57. The molecule has 0 saturated carbocycles. The predicted molar refractivity (Wildman–Crippen MR) is 117 cm³/mol. The number of aryl methyl sites for hydroxylation is 2. The highest BCUT2D eigenvalue weighted by atomic mass is 19.1. The molecule has 3 rings (SSSR count). The highest BCUT2D eigenvalue weighted by Crippen LogP contribution is 2.37. The maximum Gasteiger partial charge on any atom is 0.275 e. The Morgan fingerprint density at radius 2 is 1.90 bits per heavy atom. The maximum absolute atomic E-state index is 14.5. The third kappa shape index (κ3) is 4.16. The monoisotopic (exact) mass is 416 g/mol. The van der Waals surface area contributed by atoms with Gasteiger partial charge in [0.2, 0.25) is 0 Å². The van der Waals surface area contributed by atoms with E-state index in [1.54, 1.807) is 18.0 Å². The van der Waals surface area contributed by atoms with E-state index in [2.05, 4.69) is 18.4 Å². The van der Waals surface area contributed by atoms with Crippen LogP contribution in [-0.2, 0) is 13.0 Å². The molecule has 1 aliphatic rings. The van der Waals surface area contributed by atoms with Crippen molar-refractivity contribution in [3.63, 3.8) is 0 Å². The minimum Gasteiger partial charge on any atom is -0.494 e. The number of anilines is 2. The summed E-state index contributed by atoms with van der Waals surface area (Å²) in [5.41, 5.74) is 2.17. The first-order chi connectivity index (χ1) is 14.4. The third-order valence-electron chi connectivity index (χ3n) is 5.75. The highest BCUT2D eigenvalue weighted by Gasteiger charge is 2.35. The topological polar surface area (TPSA) is 50.6 Å². The Kier molecular flexibility index (Phi) is 7.00. The molecule has 7 heteroatoms. The van der Waals surface area contributed by atoms with Gasteiger partial charge in [-0.2, -0.15) is 0 Å². The van der Waals surface area contributed by atoms with E-state index in [9.17, 15) is 9.18 Å². The quantitative estimate of drug-likeness (QED) is 0.537. The molecule has 1 aromatic carbocycles. The molecule has 164 valence electrons. The third-order valence-corrected chi connectivity index (χ3v) is 5.75. The van der Waals surface area contributed by atoms with Crippen LogP contribution >= 0.6 is 0 Å². The van der Waals surface area contributed by atoms with E-state index in [1.165, 1.54) is 32.4 Å². The first-order valence-electron chi connectivity index (χ1n) is 10.9. The van der Waals surface area contributed by atoms with Crippen molar-refractivity contribution in [2.75, 3.05) is 25.7 Å². The van der Waals surface area contributed by atoms with Crippen LogP contribution in [0.4, 0.5) is 15.9 Å². The van der Waals surface area contributed by atoms with Gasteiger partial charge in [-0.15, -0.1) is 0 Å². The second-order valence-electron chi connectivity index (χ2n) is 7.97. The summed E-state index contributed by atoms with van der Waals surface area (Å²) in [6, 6.07) is 3.16. The summed E-state index contributed by atoms with van der Waals surface area (Å²) in [4.78, 5) is 21.5. The number of carbonyl (C=O) groups is 1. The Balaban J connectivity index is 2.01. The summed E-state index contributed by atoms with van der Waals surface area (Å²) >= 11 is 0. The molecule has 6 nitrogen and oxygen atoms in total. The van der Waals surface area contributed by atoms with Crippen molar-refractivity contribution < 1.29 is 13.9 Å². The number of hydrogen-bond donors (Lipinski definition) is 0. The fourth-order valence-corrected chi connectivity index (χ4v) is 4.07. The van der Waals surface area contributed by atoms with Crippen LogP contribution in [0.5, 0.6) is 5.75 Å². The second kappa shape index (κ2) is 9.49. The lowest BCUT2D eigenvalue weighted by atomic mass is 10.1. The average Bonchev–Trinajstić information content (AvgIpc) is 3.11. The maximum atomic E-state index is 14.5. The number of rotatable bonds is 9. The fraction of sp³-hybridized carbons (Fsp3) is 0.565. The van der Waals surface area contributed by atoms with E-state index >= 15 is 0 Å². The number of aromatic nitrogens is 2. The van der Waals surface area contributed by atoms with E-state index in [4.69, 9.17) is 9.72 Å². The Bertz CT molecular complexity index is 909. The van der Waals surface area contributed by atoms with Crippen molar-refractivity contribution in [3.05, 3.63) is 35.0 Å². The van der Waals surface area contributed by atoms with Crippen LogP contribution in [0, 0.1) is 12.7 Å². The van der Waals surface area contributed by atoms with E-state index < -0.39 is 5.82 Å². The highest BCUT2D eigenvalue weighted by molar-refractivity contribution is 6.00. The molecule has 0 aliphatic carbocycles. The van der Waals surface area contributed by atoms with E-state index in [0.717, 1.165) is 37.2 Å². The molecule has 0 spiro atoms. The van der Waals surface area contributed by atoms with Gasteiger partial charge in [-0.25, -0.2) is 9.37 Å². The van der Waals surface area contributed by atoms with Crippen molar-refractivity contribution in [3.8, 4) is 5.75 Å². The van der Waals surface area contributed by atoms with Gasteiger partial charge < -0.3 is 19.1 Å². The number of halogens is 1. The molecule has 0 radical (unpaired) electrons. The van der Waals surface area contributed by atoms with Gasteiger partial charge in [-0.1, -0.05) is 39.5 Å². The van der Waals surface area contributed by atoms with Crippen molar-refractivity contribution in [1.82, 2.24) is 14.5 Å². The standard InChI is InChI=1S/C23H33FN4O2/c1-6-8-9-10-11-12-27-20(7-2)25-22-21(27)23(29)26(4)15-28(22)18-14-17(24)19(30-5)13-16(18)3/h13-14H,6-12,15H2,1-5H3. The van der Waals surface area contributed by atoms with E-state index in [1.807, 2.05) is 11.8 Å². The molecular weight excluding hydrogens is 383 g/mol. The number of ether oxygens (including phenoxy) is 1. The van der Waals surface area contributed by atoms with Crippen molar-refractivity contribution in [2.24, 2.45) is 0 Å². The van der Waals surface area contributed by atoms with Crippen LogP contribution in [0.1, 0.15) is 67.8 Å². The van der Waals surface area contributed by atoms with Crippen LogP contribution in [0.2, 0.25) is 0 Å². The summed E-state index contributed by atoms with van der Waals surface area (Å²) in [6.07, 6.45) is 6.54. The van der Waals surface area contributed by atoms with Crippen LogP contribution < -0.4 is 9.64 Å². The van der Waals surface area contributed by atoms with Crippen molar-refractivity contribution in [1.29, 1.82) is 0 Å². The van der Waals surface area contributed by atoms with Crippen LogP contribution in [0.3, 0.4) is 0 Å². The van der Waals surface area contributed by atoms with Crippen molar-refractivity contribution in [2.45, 2.75) is 65.8 Å². The fourth-order valence-electron chi connectivity index (χ4n) is 4.07. The summed E-state index contributed by atoms with van der Waals surface area (Å²) < 4.78 is 21.7. The number of amides is 1. The smallest absolute Gasteiger partial charge is 0.275 e. The number of benzene rings is 1. The summed E-state index contributed by atoms with van der Waals surface area (Å²) in [6.45, 7) is 7.28. The molecule has 1 amide bonds. The second-order valence-corrected chi connectivity index (χ2v) is 7.97. The van der Waals surface area contributed by atoms with Crippen molar-refractivity contribution >= 4 is 17.4 Å². The van der Waals surface area contributed by atoms with Crippen LogP contribution in [0.15, 0.2) is 12.1 Å². The molecule has 0 saturated heterocycles. The molecule has 2 aromatic rings. The van der Waals surface area contributed by atoms with Crippen LogP contribution in [0.25, 0.3) is 0 Å². The molecule has 0 fully saturated rings. The largest absolute Gasteiger partial charge is 0.494 e. The minimum absolute atomic E-state index is 0.0337. The molecule has 1 aliphatic heterocycles. The van der Waals surface area contributed by atoms with Gasteiger partial charge in [0.1, 0.15) is 5.82 Å². The lowest BCUT2D eigenvalue weighted by Gasteiger charge is -2.34. The number of fused-ring (bicyclic) bond motifs is 1. The zero-order chi connectivity index (χ0) is 21.8. The average molecular weight is 417 g/mol. The number of hydrogen-bond acceptors (Lipinski definition) is 4. The SMILES string of the molecule is CCCCCCCn1c(CC)nc2c1C(=O)N(C)CN2c1cc(F)c(OC)cc1C. The number of nitrogens with zero attached hydrogens (tertiary/aromatic N) is 4. The molecule has 0 bridgehead atoms. The summed E-state index contributed by atoms with van der Waals surface area (Å²) in [7, 11) is 3.23. The Labute approximate surface area is 178 Å². The van der Waals surface area contributed by atoms with E-state index in [-0.39, 0.29) is 11.7 Å². The number of unbranched alkanes of at least 4 members (excludes halogenated alkanes) is 4. The Morgan fingerprint density at radius 3 is 2.57 bits per heavy atom. The van der Waals surface area contributed by atoms with Gasteiger partial charge in [0.25, 0.3) is 5.91 Å². The number of methoxy groups -OCH3 is 1. The van der Waals surface area contributed by atoms with Gasteiger partial charge in [0.15, 0.2) is 23.1 Å².